The summed E-state index contributed by atoms with van der Waals surface area (Å²) in [6.45, 7) is 1.12. The normalized spacial score (nSPS) is 20.2. The highest BCUT2D eigenvalue weighted by Gasteiger charge is 2.29. The Bertz CT molecular complexity index is 666. The molecule has 4 nitrogen and oxygen atoms in total. The molecule has 3 heterocycles. The lowest BCUT2D eigenvalue weighted by Crippen LogP contribution is -2.24. The largest absolute Gasteiger partial charge is 0.486 e. The Morgan fingerprint density at radius 3 is 2.75 bits per heavy atom. The first-order valence-corrected chi connectivity index (χ1v) is 7.51. The van der Waals surface area contributed by atoms with Gasteiger partial charge < -0.3 is 14.8 Å². The van der Waals surface area contributed by atoms with E-state index in [1.165, 1.54) is 5.56 Å². The number of nitrogens with one attached hydrogen (secondary N) is 1. The van der Waals surface area contributed by atoms with Gasteiger partial charge >= 0.3 is 0 Å². The topological polar surface area (TPSA) is 47.6 Å². The number of anilines is 1. The molecule has 1 aromatic heterocycles. The molecule has 0 unspecified atom stereocenters. The van der Waals surface area contributed by atoms with Crippen LogP contribution in [0.25, 0.3) is 0 Å². The van der Waals surface area contributed by atoms with E-state index in [0.717, 1.165) is 17.0 Å². The van der Waals surface area contributed by atoms with Crippen LogP contribution >= 0.6 is 11.3 Å². The Balaban J connectivity index is 1.85. The van der Waals surface area contributed by atoms with Crippen molar-refractivity contribution in [3.8, 4) is 11.5 Å². The van der Waals surface area contributed by atoms with Gasteiger partial charge in [-0.3, -0.25) is 4.79 Å². The molecule has 1 atom stereocenters. The van der Waals surface area contributed by atoms with Crippen LogP contribution in [0.15, 0.2) is 29.0 Å². The SMILES string of the molecule is O=C1C[C@H](c2ccsc2)c2cc3c(cc2N1)OCCO3. The van der Waals surface area contributed by atoms with Crippen LogP contribution in [-0.2, 0) is 4.79 Å². The third-order valence-electron chi connectivity index (χ3n) is 3.70. The molecule has 0 saturated heterocycles. The zero-order chi connectivity index (χ0) is 13.5. The summed E-state index contributed by atoms with van der Waals surface area (Å²) in [5.41, 5.74) is 3.12. The number of ether oxygens (including phenoxy) is 2. The van der Waals surface area contributed by atoms with Crippen molar-refractivity contribution in [2.24, 2.45) is 0 Å². The van der Waals surface area contributed by atoms with Gasteiger partial charge in [-0.2, -0.15) is 11.3 Å². The number of carbonyl (C=O) groups is 1. The first-order valence-electron chi connectivity index (χ1n) is 6.57. The lowest BCUT2D eigenvalue weighted by molar-refractivity contribution is -0.116. The van der Waals surface area contributed by atoms with Gasteiger partial charge in [0.2, 0.25) is 5.91 Å². The monoisotopic (exact) mass is 287 g/mol. The maximum absolute atomic E-state index is 11.9. The molecule has 1 amide bonds. The summed E-state index contributed by atoms with van der Waals surface area (Å²) < 4.78 is 11.2. The highest BCUT2D eigenvalue weighted by Crippen LogP contribution is 2.44. The van der Waals surface area contributed by atoms with E-state index in [1.807, 2.05) is 17.5 Å². The Labute approximate surface area is 120 Å². The van der Waals surface area contributed by atoms with Crippen LogP contribution in [0.4, 0.5) is 5.69 Å². The number of benzene rings is 1. The third-order valence-corrected chi connectivity index (χ3v) is 4.40. The number of hydrogen-bond donors (Lipinski definition) is 1. The van der Waals surface area contributed by atoms with Gasteiger partial charge in [0.1, 0.15) is 13.2 Å². The number of amides is 1. The molecule has 102 valence electrons. The third kappa shape index (κ3) is 1.86. The molecule has 0 spiro atoms. The van der Waals surface area contributed by atoms with Gasteiger partial charge in [0.25, 0.3) is 0 Å². The summed E-state index contributed by atoms with van der Waals surface area (Å²) in [6.07, 6.45) is 0.476. The minimum absolute atomic E-state index is 0.0466. The predicted molar refractivity (Wildman–Crippen MR) is 76.8 cm³/mol. The smallest absolute Gasteiger partial charge is 0.225 e. The van der Waals surface area contributed by atoms with E-state index in [9.17, 15) is 4.79 Å². The number of carbonyl (C=O) groups excluding carboxylic acids is 1. The Morgan fingerprint density at radius 2 is 2.00 bits per heavy atom. The molecule has 0 bridgehead atoms. The number of rotatable bonds is 1. The fraction of sp³-hybridized carbons (Fsp3) is 0.267. The van der Waals surface area contributed by atoms with Gasteiger partial charge in [-0.25, -0.2) is 0 Å². The second-order valence-corrected chi connectivity index (χ2v) is 5.72. The van der Waals surface area contributed by atoms with Crippen molar-refractivity contribution in [2.75, 3.05) is 18.5 Å². The van der Waals surface area contributed by atoms with Crippen LogP contribution in [0.2, 0.25) is 0 Å². The van der Waals surface area contributed by atoms with Gasteiger partial charge in [0.15, 0.2) is 11.5 Å². The highest BCUT2D eigenvalue weighted by molar-refractivity contribution is 7.08. The fourth-order valence-electron chi connectivity index (χ4n) is 2.77. The first-order chi connectivity index (χ1) is 9.81. The number of fused-ring (bicyclic) bond motifs is 2. The first kappa shape index (κ1) is 11.8. The van der Waals surface area contributed by atoms with Gasteiger partial charge in [-0.15, -0.1) is 0 Å². The summed E-state index contributed by atoms with van der Waals surface area (Å²) in [5, 5.41) is 7.07. The maximum Gasteiger partial charge on any atom is 0.225 e. The Morgan fingerprint density at radius 1 is 1.20 bits per heavy atom. The number of hydrogen-bond acceptors (Lipinski definition) is 4. The molecule has 0 saturated carbocycles. The zero-order valence-corrected chi connectivity index (χ0v) is 11.5. The molecule has 4 rings (SSSR count). The van der Waals surface area contributed by atoms with Gasteiger partial charge in [-0.05, 0) is 34.0 Å². The average Bonchev–Trinajstić information content (AvgIpc) is 2.98. The zero-order valence-electron chi connectivity index (χ0n) is 10.7. The number of thiophene rings is 1. The van der Waals surface area contributed by atoms with E-state index in [1.54, 1.807) is 11.3 Å². The van der Waals surface area contributed by atoms with Gasteiger partial charge in [0, 0.05) is 24.1 Å². The second kappa shape index (κ2) is 4.52. The fourth-order valence-corrected chi connectivity index (χ4v) is 3.48. The van der Waals surface area contributed by atoms with Crippen molar-refractivity contribution < 1.29 is 14.3 Å². The molecule has 20 heavy (non-hydrogen) atoms. The van der Waals surface area contributed by atoms with Crippen molar-refractivity contribution >= 4 is 22.9 Å². The van der Waals surface area contributed by atoms with E-state index >= 15 is 0 Å². The molecule has 2 aliphatic rings. The summed E-state index contributed by atoms with van der Waals surface area (Å²) in [6, 6.07) is 5.96. The van der Waals surface area contributed by atoms with E-state index in [2.05, 4.69) is 16.8 Å². The standard InChI is InChI=1S/C15H13NO3S/c17-15-6-10(9-1-4-20-8-9)11-5-13-14(7-12(11)16-15)19-3-2-18-13/h1,4-5,7-8,10H,2-3,6H2,(H,16,17)/t10-/m1/s1. The van der Waals surface area contributed by atoms with Gasteiger partial charge in [-0.1, -0.05) is 0 Å². The Kier molecular flexibility index (Phi) is 2.67. The molecule has 5 heteroatoms. The van der Waals surface area contributed by atoms with Crippen LogP contribution < -0.4 is 14.8 Å². The molecule has 2 aliphatic heterocycles. The average molecular weight is 287 g/mol. The summed E-state index contributed by atoms with van der Waals surface area (Å²) >= 11 is 1.65. The maximum atomic E-state index is 11.9. The minimum Gasteiger partial charge on any atom is -0.486 e. The molecule has 0 aliphatic carbocycles. The lowest BCUT2D eigenvalue weighted by Gasteiger charge is -2.28. The highest BCUT2D eigenvalue weighted by atomic mass is 32.1. The van der Waals surface area contributed by atoms with E-state index in [0.29, 0.717) is 25.4 Å². The molecular weight excluding hydrogens is 274 g/mol. The molecule has 1 N–H and O–H groups in total. The van der Waals surface area contributed by atoms with Crippen LogP contribution in [0.3, 0.4) is 0 Å². The van der Waals surface area contributed by atoms with Crippen molar-refractivity contribution in [1.29, 1.82) is 0 Å². The molecule has 2 aromatic rings. The summed E-state index contributed by atoms with van der Waals surface area (Å²) in [5.74, 6) is 1.62. The van der Waals surface area contributed by atoms with E-state index in [4.69, 9.17) is 9.47 Å². The molecule has 0 fully saturated rings. The van der Waals surface area contributed by atoms with Gasteiger partial charge in [0.05, 0.1) is 0 Å². The van der Waals surface area contributed by atoms with E-state index in [-0.39, 0.29) is 11.8 Å². The minimum atomic E-state index is 0.0466. The van der Waals surface area contributed by atoms with Crippen molar-refractivity contribution in [1.82, 2.24) is 0 Å². The Hall–Kier alpha value is -2.01. The van der Waals surface area contributed by atoms with Crippen LogP contribution in [-0.4, -0.2) is 19.1 Å². The lowest BCUT2D eigenvalue weighted by atomic mass is 9.86. The van der Waals surface area contributed by atoms with Crippen molar-refractivity contribution in [3.63, 3.8) is 0 Å². The van der Waals surface area contributed by atoms with Crippen molar-refractivity contribution in [3.05, 3.63) is 40.1 Å². The predicted octanol–water partition coefficient (Wildman–Crippen LogP) is 2.99. The van der Waals surface area contributed by atoms with E-state index < -0.39 is 0 Å². The molecule has 0 radical (unpaired) electrons. The summed E-state index contributed by atoms with van der Waals surface area (Å²) in [7, 11) is 0. The second-order valence-electron chi connectivity index (χ2n) is 4.94. The van der Waals surface area contributed by atoms with Crippen LogP contribution in [0.1, 0.15) is 23.5 Å². The van der Waals surface area contributed by atoms with Crippen molar-refractivity contribution in [2.45, 2.75) is 12.3 Å². The summed E-state index contributed by atoms with van der Waals surface area (Å²) in [4.78, 5) is 11.9. The molecular formula is C15H13NO3S. The van der Waals surface area contributed by atoms with Crippen LogP contribution in [0, 0.1) is 0 Å². The van der Waals surface area contributed by atoms with Crippen LogP contribution in [0.5, 0.6) is 11.5 Å². The molecule has 1 aromatic carbocycles. The quantitative estimate of drug-likeness (QED) is 0.877.